The van der Waals surface area contributed by atoms with Gasteiger partial charge in [0, 0.05) is 19.5 Å². The van der Waals surface area contributed by atoms with Crippen LogP contribution in [0.25, 0.3) is 0 Å². The summed E-state index contributed by atoms with van der Waals surface area (Å²) in [5.41, 5.74) is 2.30. The van der Waals surface area contributed by atoms with Crippen LogP contribution in [0, 0.1) is 11.8 Å². The number of carbonyl (C=O) groups is 2. The molecule has 1 aliphatic rings. The van der Waals surface area contributed by atoms with Crippen LogP contribution < -0.4 is 0 Å². The monoisotopic (exact) mass is 429 g/mol. The zero-order valence-electron chi connectivity index (χ0n) is 17.4. The molecule has 1 N–H and O–H groups in total. The fourth-order valence-electron chi connectivity index (χ4n) is 4.40. The van der Waals surface area contributed by atoms with Gasteiger partial charge in [0.1, 0.15) is 5.78 Å². The quantitative estimate of drug-likeness (QED) is 0.553. The molecule has 0 saturated heterocycles. The number of ketones is 1. The van der Waals surface area contributed by atoms with Crippen molar-refractivity contribution in [2.45, 2.75) is 51.6 Å². The van der Waals surface area contributed by atoms with E-state index < -0.39 is 11.9 Å². The molecule has 0 radical (unpaired) electrons. The Morgan fingerprint density at radius 1 is 0.867 bits per heavy atom. The van der Waals surface area contributed by atoms with Gasteiger partial charge >= 0.3 is 5.97 Å². The van der Waals surface area contributed by atoms with Crippen molar-refractivity contribution in [2.75, 3.05) is 6.54 Å². The normalized spacial score (nSPS) is 15.4. The molecular formula is C25H32ClNO3. The minimum absolute atomic E-state index is 0. The fourth-order valence-corrected chi connectivity index (χ4v) is 4.40. The topological polar surface area (TPSA) is 57.6 Å². The van der Waals surface area contributed by atoms with E-state index >= 15 is 0 Å². The summed E-state index contributed by atoms with van der Waals surface area (Å²) in [4.78, 5) is 26.8. The lowest BCUT2D eigenvalue weighted by Crippen LogP contribution is -2.33. The van der Waals surface area contributed by atoms with Crippen molar-refractivity contribution in [3.05, 3.63) is 71.8 Å². The highest BCUT2D eigenvalue weighted by atomic mass is 35.5. The van der Waals surface area contributed by atoms with Crippen LogP contribution in [0.5, 0.6) is 0 Å². The molecule has 0 spiro atoms. The molecule has 0 aliphatic heterocycles. The van der Waals surface area contributed by atoms with Gasteiger partial charge < -0.3 is 5.11 Å². The molecular weight excluding hydrogens is 398 g/mol. The summed E-state index contributed by atoms with van der Waals surface area (Å²) in [7, 11) is 0. The number of nitrogens with zero attached hydrogens (tertiary/aromatic N) is 1. The van der Waals surface area contributed by atoms with Gasteiger partial charge in [-0.05, 0) is 29.9 Å². The van der Waals surface area contributed by atoms with E-state index in [9.17, 15) is 14.7 Å². The first kappa shape index (κ1) is 24.1. The lowest BCUT2D eigenvalue weighted by Gasteiger charge is -2.28. The number of halogens is 1. The number of Topliss-reactive ketones (excluding diaryl/α,β-unsaturated/α-hetero) is 1. The third-order valence-corrected chi connectivity index (χ3v) is 5.88. The molecule has 30 heavy (non-hydrogen) atoms. The van der Waals surface area contributed by atoms with E-state index in [0.29, 0.717) is 13.1 Å². The van der Waals surface area contributed by atoms with Crippen molar-refractivity contribution < 1.29 is 14.7 Å². The molecule has 1 saturated carbocycles. The van der Waals surface area contributed by atoms with Crippen LogP contribution in [0.1, 0.15) is 49.7 Å². The van der Waals surface area contributed by atoms with E-state index in [4.69, 9.17) is 0 Å². The molecule has 2 aromatic rings. The Kier molecular flexibility index (Phi) is 10.0. The van der Waals surface area contributed by atoms with E-state index in [-0.39, 0.29) is 37.1 Å². The van der Waals surface area contributed by atoms with Crippen LogP contribution >= 0.6 is 12.4 Å². The van der Waals surface area contributed by atoms with Gasteiger partial charge in [0.05, 0.1) is 12.5 Å². The first-order chi connectivity index (χ1) is 14.1. The van der Waals surface area contributed by atoms with Crippen LogP contribution in [0.2, 0.25) is 0 Å². The number of benzene rings is 2. The molecule has 0 heterocycles. The summed E-state index contributed by atoms with van der Waals surface area (Å²) in [5, 5.41) is 9.71. The Morgan fingerprint density at radius 2 is 1.37 bits per heavy atom. The van der Waals surface area contributed by atoms with E-state index in [2.05, 4.69) is 29.2 Å². The van der Waals surface area contributed by atoms with Crippen LogP contribution in [0.3, 0.4) is 0 Å². The molecule has 1 aliphatic carbocycles. The van der Waals surface area contributed by atoms with E-state index in [1.54, 1.807) is 0 Å². The minimum Gasteiger partial charge on any atom is -0.481 e. The van der Waals surface area contributed by atoms with Crippen LogP contribution in [0.4, 0.5) is 0 Å². The number of hydrogen-bond acceptors (Lipinski definition) is 3. The second-order valence-corrected chi connectivity index (χ2v) is 8.20. The molecule has 1 atom stereocenters. The smallest absolute Gasteiger partial charge is 0.307 e. The Morgan fingerprint density at radius 3 is 1.83 bits per heavy atom. The van der Waals surface area contributed by atoms with Crippen molar-refractivity contribution in [2.24, 2.45) is 11.8 Å². The molecule has 0 aromatic heterocycles. The number of rotatable bonds is 10. The van der Waals surface area contributed by atoms with Gasteiger partial charge in [-0.25, -0.2) is 0 Å². The van der Waals surface area contributed by atoms with Crippen molar-refractivity contribution in [3.8, 4) is 0 Å². The molecule has 5 heteroatoms. The molecule has 1 fully saturated rings. The number of carboxylic acids is 1. The predicted molar refractivity (Wildman–Crippen MR) is 122 cm³/mol. The summed E-state index contributed by atoms with van der Waals surface area (Å²) in [6.45, 7) is 1.62. The second kappa shape index (κ2) is 12.5. The van der Waals surface area contributed by atoms with Gasteiger partial charge in [0.15, 0.2) is 0 Å². The van der Waals surface area contributed by atoms with Crippen LogP contribution in [-0.4, -0.2) is 28.3 Å². The van der Waals surface area contributed by atoms with E-state index in [0.717, 1.165) is 36.8 Å². The first-order valence-electron chi connectivity index (χ1n) is 10.7. The Hall–Kier alpha value is -2.17. The first-order valence-corrected chi connectivity index (χ1v) is 10.7. The summed E-state index contributed by atoms with van der Waals surface area (Å²) in [6, 6.07) is 20.2. The SMILES string of the molecule is Cl.O=C(C[C@H](C(=O)O)C1CCCCC1)CN(Cc1ccccc1)Cc1ccccc1. The zero-order valence-corrected chi connectivity index (χ0v) is 18.2. The Balaban J connectivity index is 0.00000320. The van der Waals surface area contributed by atoms with Gasteiger partial charge in [-0.2, -0.15) is 0 Å². The number of aliphatic carboxylic acids is 1. The summed E-state index contributed by atoms with van der Waals surface area (Å²) in [5.74, 6) is -1.20. The maximum Gasteiger partial charge on any atom is 0.307 e. The van der Waals surface area contributed by atoms with Gasteiger partial charge in [0.2, 0.25) is 0 Å². The highest BCUT2D eigenvalue weighted by Crippen LogP contribution is 2.32. The highest BCUT2D eigenvalue weighted by molar-refractivity contribution is 5.85. The second-order valence-electron chi connectivity index (χ2n) is 8.20. The standard InChI is InChI=1S/C25H31NO3.ClH/c27-23(16-24(25(28)29)22-14-8-3-9-15-22)19-26(17-20-10-4-1-5-11-20)18-21-12-6-2-7-13-21;/h1-2,4-7,10-13,22,24H,3,8-9,14-19H2,(H,28,29);1H/t24-;/m0./s1. The fraction of sp³-hybridized carbons (Fsp3) is 0.440. The third kappa shape index (κ3) is 7.58. The molecule has 0 amide bonds. The highest BCUT2D eigenvalue weighted by Gasteiger charge is 2.31. The van der Waals surface area contributed by atoms with Crippen molar-refractivity contribution in [3.63, 3.8) is 0 Å². The van der Waals surface area contributed by atoms with Crippen LogP contribution in [0.15, 0.2) is 60.7 Å². The summed E-state index contributed by atoms with van der Waals surface area (Å²) < 4.78 is 0. The molecule has 0 bridgehead atoms. The average Bonchev–Trinajstić information content (AvgIpc) is 2.74. The lowest BCUT2D eigenvalue weighted by atomic mass is 9.78. The lowest BCUT2D eigenvalue weighted by molar-refractivity contribution is -0.146. The summed E-state index contributed by atoms with van der Waals surface area (Å²) in [6.07, 6.45) is 5.34. The van der Waals surface area contributed by atoms with Gasteiger partial charge in [0.25, 0.3) is 0 Å². The Bertz CT molecular complexity index is 734. The van der Waals surface area contributed by atoms with Crippen LogP contribution in [-0.2, 0) is 22.7 Å². The number of hydrogen-bond donors (Lipinski definition) is 1. The van der Waals surface area contributed by atoms with Crippen molar-refractivity contribution in [1.82, 2.24) is 4.90 Å². The maximum absolute atomic E-state index is 12.9. The van der Waals surface area contributed by atoms with Gasteiger partial charge in [-0.1, -0.05) is 79.9 Å². The molecule has 0 unspecified atom stereocenters. The van der Waals surface area contributed by atoms with E-state index in [1.165, 1.54) is 6.42 Å². The molecule has 4 nitrogen and oxygen atoms in total. The molecule has 2 aromatic carbocycles. The molecule has 162 valence electrons. The number of carbonyl (C=O) groups excluding carboxylic acids is 1. The molecule has 3 rings (SSSR count). The van der Waals surface area contributed by atoms with E-state index in [1.807, 2.05) is 36.4 Å². The minimum atomic E-state index is -0.817. The van der Waals surface area contributed by atoms with Crippen molar-refractivity contribution >= 4 is 24.2 Å². The average molecular weight is 430 g/mol. The van der Waals surface area contributed by atoms with Gasteiger partial charge in [-0.15, -0.1) is 12.4 Å². The predicted octanol–water partition coefficient (Wildman–Crippen LogP) is 5.35. The Labute approximate surface area is 185 Å². The van der Waals surface area contributed by atoms with Gasteiger partial charge in [-0.3, -0.25) is 14.5 Å². The maximum atomic E-state index is 12.9. The largest absolute Gasteiger partial charge is 0.481 e. The van der Waals surface area contributed by atoms with Crippen molar-refractivity contribution in [1.29, 1.82) is 0 Å². The third-order valence-electron chi connectivity index (χ3n) is 5.88. The summed E-state index contributed by atoms with van der Waals surface area (Å²) >= 11 is 0. The zero-order chi connectivity index (χ0) is 20.5. The number of carboxylic acid groups (broad SMARTS) is 1.